The molecule has 20 heavy (non-hydrogen) atoms. The summed E-state index contributed by atoms with van der Waals surface area (Å²) in [5, 5.41) is 0. The van der Waals surface area contributed by atoms with E-state index in [1.165, 1.54) is 0 Å². The molecule has 3 unspecified atom stereocenters. The lowest BCUT2D eigenvalue weighted by atomic mass is 9.99. The number of nitrogens with two attached hydrogens (primary N) is 1. The van der Waals surface area contributed by atoms with Crippen LogP contribution in [0.15, 0.2) is 29.2 Å². The van der Waals surface area contributed by atoms with E-state index in [4.69, 9.17) is 5.73 Å². The van der Waals surface area contributed by atoms with E-state index in [9.17, 15) is 9.00 Å². The molecule has 0 saturated heterocycles. The van der Waals surface area contributed by atoms with Gasteiger partial charge in [-0.25, -0.2) is 0 Å². The summed E-state index contributed by atoms with van der Waals surface area (Å²) in [5.41, 5.74) is 6.96. The van der Waals surface area contributed by atoms with Crippen LogP contribution >= 0.6 is 0 Å². The molecule has 4 nitrogen and oxygen atoms in total. The minimum Gasteiger partial charge on any atom is -0.340 e. The predicted molar refractivity (Wildman–Crippen MR) is 82.7 cm³/mol. The molecule has 112 valence electrons. The minimum atomic E-state index is -0.974. The number of hydrogen-bond acceptors (Lipinski definition) is 3. The fourth-order valence-electron chi connectivity index (χ4n) is 1.89. The van der Waals surface area contributed by atoms with Gasteiger partial charge in [0.2, 0.25) is 5.91 Å². The normalized spacial score (nSPS) is 15.4. The molecule has 0 bridgehead atoms. The van der Waals surface area contributed by atoms with Gasteiger partial charge in [-0.3, -0.25) is 9.00 Å². The fourth-order valence-corrected chi connectivity index (χ4v) is 2.41. The van der Waals surface area contributed by atoms with Gasteiger partial charge >= 0.3 is 0 Å². The SMILES string of the molecule is CCC(C)C(N)C(=O)N(C)Cc1ccc(S(C)=O)cc1. The predicted octanol–water partition coefficient (Wildman–Crippen LogP) is 1.76. The van der Waals surface area contributed by atoms with Crippen LogP contribution in [0.25, 0.3) is 0 Å². The third-order valence-electron chi connectivity index (χ3n) is 3.59. The van der Waals surface area contributed by atoms with Crippen LogP contribution in [-0.2, 0) is 22.1 Å². The van der Waals surface area contributed by atoms with Gasteiger partial charge in [0.25, 0.3) is 0 Å². The summed E-state index contributed by atoms with van der Waals surface area (Å²) >= 11 is 0. The molecule has 0 heterocycles. The summed E-state index contributed by atoms with van der Waals surface area (Å²) in [7, 11) is 0.786. The maximum atomic E-state index is 12.2. The van der Waals surface area contributed by atoms with Crippen molar-refractivity contribution in [3.8, 4) is 0 Å². The molecular weight excluding hydrogens is 272 g/mol. The van der Waals surface area contributed by atoms with Gasteiger partial charge in [0.05, 0.1) is 6.04 Å². The average Bonchev–Trinajstić information content (AvgIpc) is 2.45. The summed E-state index contributed by atoms with van der Waals surface area (Å²) in [4.78, 5) is 14.6. The Morgan fingerprint density at radius 3 is 2.35 bits per heavy atom. The van der Waals surface area contributed by atoms with Crippen molar-refractivity contribution in [3.63, 3.8) is 0 Å². The first-order valence-electron chi connectivity index (χ1n) is 6.79. The maximum absolute atomic E-state index is 12.2. The molecule has 5 heteroatoms. The van der Waals surface area contributed by atoms with E-state index in [0.29, 0.717) is 6.54 Å². The lowest BCUT2D eigenvalue weighted by Crippen LogP contribution is -2.45. The van der Waals surface area contributed by atoms with E-state index >= 15 is 0 Å². The number of hydrogen-bond donors (Lipinski definition) is 1. The first-order chi connectivity index (χ1) is 9.36. The standard InChI is InChI=1S/C15H24N2O2S/c1-5-11(2)14(16)15(18)17(3)10-12-6-8-13(9-7-12)20(4)19/h6-9,11,14H,5,10,16H2,1-4H3. The van der Waals surface area contributed by atoms with E-state index in [-0.39, 0.29) is 11.8 Å². The smallest absolute Gasteiger partial charge is 0.239 e. The van der Waals surface area contributed by atoms with Crippen molar-refractivity contribution in [3.05, 3.63) is 29.8 Å². The van der Waals surface area contributed by atoms with Crippen molar-refractivity contribution in [1.29, 1.82) is 0 Å². The number of carbonyl (C=O) groups excluding carboxylic acids is 1. The van der Waals surface area contributed by atoms with Crippen LogP contribution in [0.4, 0.5) is 0 Å². The monoisotopic (exact) mass is 296 g/mol. The third-order valence-corrected chi connectivity index (χ3v) is 4.53. The highest BCUT2D eigenvalue weighted by Crippen LogP contribution is 2.12. The van der Waals surface area contributed by atoms with Gasteiger partial charge in [-0.15, -0.1) is 0 Å². The molecular formula is C15H24N2O2S. The van der Waals surface area contributed by atoms with Crippen LogP contribution in [-0.4, -0.2) is 34.4 Å². The lowest BCUT2D eigenvalue weighted by Gasteiger charge is -2.24. The Morgan fingerprint density at radius 1 is 1.35 bits per heavy atom. The quantitative estimate of drug-likeness (QED) is 0.870. The van der Waals surface area contributed by atoms with E-state index in [1.54, 1.807) is 18.2 Å². The van der Waals surface area contributed by atoms with Gasteiger partial charge < -0.3 is 10.6 Å². The average molecular weight is 296 g/mol. The topological polar surface area (TPSA) is 63.4 Å². The van der Waals surface area contributed by atoms with Crippen molar-refractivity contribution in [2.45, 2.75) is 37.8 Å². The second-order valence-corrected chi connectivity index (χ2v) is 6.58. The number of benzene rings is 1. The molecule has 0 aliphatic carbocycles. The van der Waals surface area contributed by atoms with Gasteiger partial charge in [-0.05, 0) is 23.6 Å². The number of amides is 1. The van der Waals surface area contributed by atoms with Gasteiger partial charge in [-0.2, -0.15) is 0 Å². The lowest BCUT2D eigenvalue weighted by molar-refractivity contribution is -0.132. The van der Waals surface area contributed by atoms with Crippen molar-refractivity contribution in [1.82, 2.24) is 4.90 Å². The molecule has 0 radical (unpaired) electrons. The summed E-state index contributed by atoms with van der Waals surface area (Å²) < 4.78 is 11.3. The van der Waals surface area contributed by atoms with Gasteiger partial charge in [0.15, 0.2) is 0 Å². The van der Waals surface area contributed by atoms with E-state index in [2.05, 4.69) is 0 Å². The van der Waals surface area contributed by atoms with Gasteiger partial charge in [-0.1, -0.05) is 32.4 Å². The molecule has 0 aliphatic heterocycles. The molecule has 1 rings (SSSR count). The van der Waals surface area contributed by atoms with E-state index < -0.39 is 16.8 Å². The van der Waals surface area contributed by atoms with Crippen molar-refractivity contribution >= 4 is 16.7 Å². The first kappa shape index (κ1) is 16.9. The highest BCUT2D eigenvalue weighted by Gasteiger charge is 2.22. The summed E-state index contributed by atoms with van der Waals surface area (Å²) in [6, 6.07) is 7.01. The molecule has 1 aromatic carbocycles. The Kier molecular flexibility index (Phi) is 6.36. The zero-order valence-corrected chi connectivity index (χ0v) is 13.4. The maximum Gasteiger partial charge on any atom is 0.239 e. The van der Waals surface area contributed by atoms with Crippen LogP contribution in [0.2, 0.25) is 0 Å². The van der Waals surface area contributed by atoms with Crippen LogP contribution in [0.1, 0.15) is 25.8 Å². The van der Waals surface area contributed by atoms with E-state index in [1.807, 2.05) is 38.1 Å². The largest absolute Gasteiger partial charge is 0.340 e. The van der Waals surface area contributed by atoms with Crippen molar-refractivity contribution in [2.24, 2.45) is 11.7 Å². The highest BCUT2D eigenvalue weighted by atomic mass is 32.2. The molecule has 1 amide bonds. The molecule has 0 fully saturated rings. The number of carbonyl (C=O) groups is 1. The molecule has 0 aliphatic rings. The van der Waals surface area contributed by atoms with Crippen molar-refractivity contribution < 1.29 is 9.00 Å². The van der Waals surface area contributed by atoms with E-state index in [0.717, 1.165) is 16.9 Å². The molecule has 2 N–H and O–H groups in total. The molecule has 0 aromatic heterocycles. The fraction of sp³-hybridized carbons (Fsp3) is 0.533. The van der Waals surface area contributed by atoms with Gasteiger partial charge in [0, 0.05) is 35.5 Å². The molecule has 3 atom stereocenters. The Balaban J connectivity index is 2.68. The summed E-state index contributed by atoms with van der Waals surface area (Å²) in [6.07, 6.45) is 2.54. The Morgan fingerprint density at radius 2 is 1.90 bits per heavy atom. The second kappa shape index (κ2) is 7.55. The van der Waals surface area contributed by atoms with Crippen LogP contribution in [0.5, 0.6) is 0 Å². The third kappa shape index (κ3) is 4.42. The number of likely N-dealkylation sites (N-methyl/N-ethyl adjacent to an activating group) is 1. The number of rotatable bonds is 6. The minimum absolute atomic E-state index is 0.0394. The van der Waals surface area contributed by atoms with Crippen LogP contribution in [0, 0.1) is 5.92 Å². The van der Waals surface area contributed by atoms with Crippen LogP contribution in [0.3, 0.4) is 0 Å². The van der Waals surface area contributed by atoms with Crippen LogP contribution < -0.4 is 5.73 Å². The first-order valence-corrected chi connectivity index (χ1v) is 8.35. The summed E-state index contributed by atoms with van der Waals surface area (Å²) in [5.74, 6) is 0.136. The Labute approximate surface area is 123 Å². The van der Waals surface area contributed by atoms with Gasteiger partial charge in [0.1, 0.15) is 0 Å². The Bertz CT molecular complexity index is 473. The zero-order chi connectivity index (χ0) is 15.3. The second-order valence-electron chi connectivity index (χ2n) is 5.20. The summed E-state index contributed by atoms with van der Waals surface area (Å²) in [6.45, 7) is 4.53. The molecule has 0 saturated carbocycles. The highest BCUT2D eigenvalue weighted by molar-refractivity contribution is 7.84. The molecule has 1 aromatic rings. The Hall–Kier alpha value is -1.20. The number of nitrogens with zero attached hydrogens (tertiary/aromatic N) is 1. The molecule has 0 spiro atoms. The zero-order valence-electron chi connectivity index (χ0n) is 12.6. The van der Waals surface area contributed by atoms with Crippen molar-refractivity contribution in [2.75, 3.05) is 13.3 Å².